The molecule has 0 fully saturated rings. The van der Waals surface area contributed by atoms with Crippen LogP contribution in [0.1, 0.15) is 25.8 Å². The molecule has 2 amide bonds. The van der Waals surface area contributed by atoms with Crippen molar-refractivity contribution in [2.45, 2.75) is 25.8 Å². The fourth-order valence-electron chi connectivity index (χ4n) is 2.40. The fourth-order valence-corrected chi connectivity index (χ4v) is 2.40. The molecule has 1 heterocycles. The molecule has 1 aliphatic rings. The van der Waals surface area contributed by atoms with Crippen LogP contribution in [0.2, 0.25) is 0 Å². The molecule has 3 N–H and O–H groups in total. The molecular formula is C14H17N3O3. The molecule has 0 aliphatic carbocycles. The summed E-state index contributed by atoms with van der Waals surface area (Å²) in [6, 6.07) is 9.19. The molecule has 0 unspecified atom stereocenters. The van der Waals surface area contributed by atoms with E-state index >= 15 is 0 Å². The number of carboxylic acid groups (broad SMARTS) is 1. The number of carbonyl (C=O) groups excluding carboxylic acids is 1. The Morgan fingerprint density at radius 1 is 1.40 bits per heavy atom. The molecule has 1 aliphatic heterocycles. The van der Waals surface area contributed by atoms with Crippen molar-refractivity contribution in [1.82, 2.24) is 10.6 Å². The highest BCUT2D eigenvalue weighted by atomic mass is 16.4. The fraction of sp³-hybridized carbons (Fsp3) is 0.357. The van der Waals surface area contributed by atoms with Crippen molar-refractivity contribution in [3.8, 4) is 0 Å². The van der Waals surface area contributed by atoms with Gasteiger partial charge in [-0.15, -0.1) is 0 Å². The molecule has 0 radical (unpaired) electrons. The highest BCUT2D eigenvalue weighted by molar-refractivity contribution is 6.11. The van der Waals surface area contributed by atoms with Gasteiger partial charge >= 0.3 is 6.09 Å². The van der Waals surface area contributed by atoms with Crippen molar-refractivity contribution >= 4 is 18.0 Å². The van der Waals surface area contributed by atoms with Crippen molar-refractivity contribution in [1.29, 1.82) is 0 Å². The van der Waals surface area contributed by atoms with Crippen LogP contribution in [0.15, 0.2) is 35.3 Å². The van der Waals surface area contributed by atoms with Gasteiger partial charge in [-0.25, -0.2) is 9.79 Å². The number of carbonyl (C=O) groups is 2. The molecular weight excluding hydrogens is 258 g/mol. The monoisotopic (exact) mass is 275 g/mol. The lowest BCUT2D eigenvalue weighted by molar-refractivity contribution is -0.124. The first-order valence-electron chi connectivity index (χ1n) is 6.41. The zero-order valence-electron chi connectivity index (χ0n) is 11.4. The van der Waals surface area contributed by atoms with Crippen LogP contribution >= 0.6 is 0 Å². The molecule has 6 nitrogen and oxygen atoms in total. The van der Waals surface area contributed by atoms with Crippen LogP contribution in [0.3, 0.4) is 0 Å². The van der Waals surface area contributed by atoms with E-state index in [1.54, 1.807) is 0 Å². The summed E-state index contributed by atoms with van der Waals surface area (Å²) in [5, 5.41) is 13.3. The Balaban J connectivity index is 2.45. The minimum Gasteiger partial charge on any atom is -0.465 e. The summed E-state index contributed by atoms with van der Waals surface area (Å²) < 4.78 is 0. The third-order valence-electron chi connectivity index (χ3n) is 3.09. The highest BCUT2D eigenvalue weighted by Crippen LogP contribution is 2.35. The SMILES string of the molecule is CC(C)C[C@]1(c2ccccc2)N=C(NC(=O)O)NC1=O. The van der Waals surface area contributed by atoms with Gasteiger partial charge in [0.1, 0.15) is 0 Å². The van der Waals surface area contributed by atoms with E-state index in [0.717, 1.165) is 5.56 Å². The maximum Gasteiger partial charge on any atom is 0.411 e. The van der Waals surface area contributed by atoms with Gasteiger partial charge < -0.3 is 5.11 Å². The lowest BCUT2D eigenvalue weighted by Gasteiger charge is -2.25. The minimum atomic E-state index is -1.25. The topological polar surface area (TPSA) is 90.8 Å². The van der Waals surface area contributed by atoms with Crippen LogP contribution in [0.4, 0.5) is 4.79 Å². The molecule has 1 aromatic rings. The van der Waals surface area contributed by atoms with Crippen LogP contribution in [-0.4, -0.2) is 23.1 Å². The highest BCUT2D eigenvalue weighted by Gasteiger charge is 2.45. The molecule has 2 rings (SSSR count). The number of amides is 2. The summed E-state index contributed by atoms with van der Waals surface area (Å²) in [6.45, 7) is 3.99. The Labute approximate surface area is 116 Å². The molecule has 0 saturated carbocycles. The number of hydrogen-bond acceptors (Lipinski definition) is 3. The summed E-state index contributed by atoms with van der Waals surface area (Å²) in [7, 11) is 0. The first-order chi connectivity index (χ1) is 9.44. The molecule has 1 aromatic carbocycles. The van der Waals surface area contributed by atoms with Crippen molar-refractivity contribution in [2.24, 2.45) is 10.9 Å². The smallest absolute Gasteiger partial charge is 0.411 e. The van der Waals surface area contributed by atoms with Crippen molar-refractivity contribution in [3.05, 3.63) is 35.9 Å². The normalized spacial score (nSPS) is 21.6. The van der Waals surface area contributed by atoms with Gasteiger partial charge in [0.05, 0.1) is 0 Å². The summed E-state index contributed by atoms with van der Waals surface area (Å²) in [4.78, 5) is 27.4. The lowest BCUT2D eigenvalue weighted by Crippen LogP contribution is -2.42. The van der Waals surface area contributed by atoms with Crippen LogP contribution < -0.4 is 10.6 Å². The lowest BCUT2D eigenvalue weighted by atomic mass is 9.83. The van der Waals surface area contributed by atoms with Gasteiger partial charge in [0, 0.05) is 0 Å². The van der Waals surface area contributed by atoms with E-state index in [9.17, 15) is 9.59 Å². The molecule has 6 heteroatoms. The largest absolute Gasteiger partial charge is 0.465 e. The Morgan fingerprint density at radius 2 is 2.05 bits per heavy atom. The zero-order chi connectivity index (χ0) is 14.8. The Morgan fingerprint density at radius 3 is 2.60 bits per heavy atom. The third kappa shape index (κ3) is 2.64. The number of aliphatic imine (C=N–C) groups is 1. The minimum absolute atomic E-state index is 0.0213. The van der Waals surface area contributed by atoms with E-state index in [0.29, 0.717) is 6.42 Å². The molecule has 0 aromatic heterocycles. The maximum atomic E-state index is 12.4. The maximum absolute atomic E-state index is 12.4. The van der Waals surface area contributed by atoms with E-state index in [2.05, 4.69) is 15.6 Å². The molecule has 0 bridgehead atoms. The van der Waals surface area contributed by atoms with Gasteiger partial charge in [-0.05, 0) is 17.9 Å². The van der Waals surface area contributed by atoms with Crippen LogP contribution in [-0.2, 0) is 10.3 Å². The standard InChI is InChI=1S/C14H17N3O3/c1-9(2)8-14(10-6-4-3-5-7-10)11(18)15-12(17-14)16-13(19)20/h3-7,9H,8H2,1-2H3,(H,19,20)(H2,15,16,17,18)/t14-/m1/s1. The number of rotatable bonds is 3. The van der Waals surface area contributed by atoms with E-state index in [1.165, 1.54) is 0 Å². The van der Waals surface area contributed by atoms with Gasteiger partial charge in [-0.2, -0.15) is 0 Å². The average molecular weight is 275 g/mol. The summed E-state index contributed by atoms with van der Waals surface area (Å²) in [5.74, 6) is -0.0953. The number of nitrogens with one attached hydrogen (secondary N) is 2. The van der Waals surface area contributed by atoms with E-state index < -0.39 is 11.6 Å². The summed E-state index contributed by atoms with van der Waals surface area (Å²) in [6.07, 6.45) is -0.745. The predicted molar refractivity (Wildman–Crippen MR) is 74.3 cm³/mol. The first-order valence-corrected chi connectivity index (χ1v) is 6.41. The van der Waals surface area contributed by atoms with Crippen molar-refractivity contribution in [3.63, 3.8) is 0 Å². The average Bonchev–Trinajstić information content (AvgIpc) is 2.66. The molecule has 1 atom stereocenters. The zero-order valence-corrected chi connectivity index (χ0v) is 11.4. The van der Waals surface area contributed by atoms with Crippen LogP contribution in [0, 0.1) is 5.92 Å². The Kier molecular flexibility index (Phi) is 3.74. The molecule has 20 heavy (non-hydrogen) atoms. The second kappa shape index (κ2) is 5.32. The number of guanidine groups is 1. The second-order valence-electron chi connectivity index (χ2n) is 5.17. The molecule has 106 valence electrons. The Bertz CT molecular complexity index is 554. The van der Waals surface area contributed by atoms with Gasteiger partial charge in [0.15, 0.2) is 5.54 Å². The summed E-state index contributed by atoms with van der Waals surface area (Å²) in [5.41, 5.74) is -0.305. The second-order valence-corrected chi connectivity index (χ2v) is 5.17. The summed E-state index contributed by atoms with van der Waals surface area (Å²) >= 11 is 0. The van der Waals surface area contributed by atoms with Gasteiger partial charge in [-0.1, -0.05) is 44.2 Å². The van der Waals surface area contributed by atoms with Crippen LogP contribution in [0.25, 0.3) is 0 Å². The number of benzene rings is 1. The number of hydrogen-bond donors (Lipinski definition) is 3. The van der Waals surface area contributed by atoms with Gasteiger partial charge in [0.2, 0.25) is 5.96 Å². The van der Waals surface area contributed by atoms with Crippen LogP contribution in [0.5, 0.6) is 0 Å². The van der Waals surface area contributed by atoms with Gasteiger partial charge in [-0.3, -0.25) is 15.4 Å². The quantitative estimate of drug-likeness (QED) is 0.783. The molecule has 0 saturated heterocycles. The van der Waals surface area contributed by atoms with E-state index in [4.69, 9.17) is 5.11 Å². The predicted octanol–water partition coefficient (Wildman–Crippen LogP) is 1.68. The van der Waals surface area contributed by atoms with Gasteiger partial charge in [0.25, 0.3) is 5.91 Å². The first kappa shape index (κ1) is 14.0. The Hall–Kier alpha value is -2.37. The van der Waals surface area contributed by atoms with E-state index in [-0.39, 0.29) is 17.8 Å². The third-order valence-corrected chi connectivity index (χ3v) is 3.09. The molecule has 0 spiro atoms. The van der Waals surface area contributed by atoms with Crippen molar-refractivity contribution in [2.75, 3.05) is 0 Å². The van der Waals surface area contributed by atoms with Crippen molar-refractivity contribution < 1.29 is 14.7 Å². The van der Waals surface area contributed by atoms with E-state index in [1.807, 2.05) is 44.2 Å². The number of nitrogens with zero attached hydrogens (tertiary/aromatic N) is 1.